The van der Waals surface area contributed by atoms with Crippen LogP contribution in [0.4, 0.5) is 5.69 Å². The van der Waals surface area contributed by atoms with Crippen LogP contribution >= 0.6 is 11.3 Å². The number of hydrogen-bond acceptors (Lipinski definition) is 5. The van der Waals surface area contributed by atoms with E-state index in [2.05, 4.69) is 20.0 Å². The lowest BCUT2D eigenvalue weighted by Gasteiger charge is -2.04. The summed E-state index contributed by atoms with van der Waals surface area (Å²) in [5.74, 6) is -0.727. The molecule has 0 atom stereocenters. The van der Waals surface area contributed by atoms with E-state index in [0.29, 0.717) is 16.9 Å². The molecular formula is C20H15N3O3S. The average molecular weight is 377 g/mol. The second-order valence-electron chi connectivity index (χ2n) is 5.83. The third-order valence-corrected chi connectivity index (χ3v) is 4.94. The molecule has 0 aliphatic heterocycles. The molecule has 0 spiro atoms. The maximum absolute atomic E-state index is 12.4. The number of esters is 1. The molecule has 4 rings (SSSR count). The fraction of sp³-hybridized carbons (Fsp3) is 0.0500. The Morgan fingerprint density at radius 2 is 1.89 bits per heavy atom. The van der Waals surface area contributed by atoms with Crippen LogP contribution in [0, 0.1) is 0 Å². The number of nitrogens with one attached hydrogen (secondary N) is 2. The highest BCUT2D eigenvalue weighted by atomic mass is 32.1. The Kier molecular flexibility index (Phi) is 4.43. The predicted molar refractivity (Wildman–Crippen MR) is 105 cm³/mol. The van der Waals surface area contributed by atoms with Crippen molar-refractivity contribution in [2.24, 2.45) is 0 Å². The van der Waals surface area contributed by atoms with Gasteiger partial charge in [-0.05, 0) is 36.4 Å². The van der Waals surface area contributed by atoms with Crippen molar-refractivity contribution in [3.05, 3.63) is 71.2 Å². The first-order valence-electron chi connectivity index (χ1n) is 8.17. The summed E-state index contributed by atoms with van der Waals surface area (Å²) >= 11 is 1.40. The van der Waals surface area contributed by atoms with Gasteiger partial charge in [-0.2, -0.15) is 0 Å². The molecule has 0 fully saturated rings. The molecule has 2 aromatic heterocycles. The van der Waals surface area contributed by atoms with Crippen LogP contribution in [0.3, 0.4) is 0 Å². The normalized spacial score (nSPS) is 10.7. The zero-order chi connectivity index (χ0) is 18.8. The number of anilines is 1. The Morgan fingerprint density at radius 1 is 1.11 bits per heavy atom. The molecule has 0 aliphatic carbocycles. The Balaban J connectivity index is 1.50. The molecule has 6 nitrogen and oxygen atoms in total. The van der Waals surface area contributed by atoms with E-state index in [4.69, 9.17) is 0 Å². The van der Waals surface area contributed by atoms with E-state index in [0.717, 1.165) is 21.6 Å². The van der Waals surface area contributed by atoms with Gasteiger partial charge in [0.1, 0.15) is 10.7 Å². The van der Waals surface area contributed by atoms with Gasteiger partial charge in [-0.25, -0.2) is 9.78 Å². The number of aromatic amines is 1. The van der Waals surface area contributed by atoms with Gasteiger partial charge < -0.3 is 15.0 Å². The number of fused-ring (bicyclic) bond motifs is 1. The number of carbonyl (C=O) groups excluding carboxylic acids is 2. The van der Waals surface area contributed by atoms with E-state index >= 15 is 0 Å². The minimum atomic E-state index is -0.421. The SMILES string of the molecule is COC(=O)c1ccc(NC(=O)c2csc(-c3cc4ccccc4[nH]3)n2)cc1. The highest BCUT2D eigenvalue weighted by molar-refractivity contribution is 7.13. The lowest BCUT2D eigenvalue weighted by molar-refractivity contribution is 0.0600. The highest BCUT2D eigenvalue weighted by Gasteiger charge is 2.14. The standard InChI is InChI=1S/C20H15N3O3S/c1-26-20(25)12-6-8-14(9-7-12)21-18(24)17-11-27-19(23-17)16-10-13-4-2-3-5-15(13)22-16/h2-11,22H,1H3,(H,21,24). The first-order chi connectivity index (χ1) is 13.1. The molecule has 7 heteroatoms. The molecule has 0 radical (unpaired) electrons. The fourth-order valence-electron chi connectivity index (χ4n) is 2.69. The summed E-state index contributed by atoms with van der Waals surface area (Å²) < 4.78 is 4.66. The minimum Gasteiger partial charge on any atom is -0.465 e. The van der Waals surface area contributed by atoms with Gasteiger partial charge in [-0.15, -0.1) is 11.3 Å². The number of hydrogen-bond donors (Lipinski definition) is 2. The lowest BCUT2D eigenvalue weighted by Crippen LogP contribution is -2.12. The van der Waals surface area contributed by atoms with Gasteiger partial charge in [0.25, 0.3) is 5.91 Å². The maximum atomic E-state index is 12.4. The summed E-state index contributed by atoms with van der Waals surface area (Å²) in [5.41, 5.74) is 3.24. The molecule has 0 bridgehead atoms. The van der Waals surface area contributed by atoms with Gasteiger partial charge in [0.15, 0.2) is 0 Å². The molecule has 4 aromatic rings. The first-order valence-corrected chi connectivity index (χ1v) is 9.05. The van der Waals surface area contributed by atoms with Crippen molar-refractivity contribution in [2.75, 3.05) is 12.4 Å². The number of H-pyrrole nitrogens is 1. The highest BCUT2D eigenvalue weighted by Crippen LogP contribution is 2.27. The summed E-state index contributed by atoms with van der Waals surface area (Å²) in [6.45, 7) is 0. The number of para-hydroxylation sites is 1. The van der Waals surface area contributed by atoms with Crippen LogP contribution in [-0.4, -0.2) is 29.0 Å². The zero-order valence-corrected chi connectivity index (χ0v) is 15.2. The van der Waals surface area contributed by atoms with Gasteiger partial charge in [0.05, 0.1) is 18.4 Å². The van der Waals surface area contributed by atoms with Crippen molar-refractivity contribution in [2.45, 2.75) is 0 Å². The van der Waals surface area contributed by atoms with Crippen LogP contribution < -0.4 is 5.32 Å². The van der Waals surface area contributed by atoms with Crippen molar-refractivity contribution >= 4 is 39.8 Å². The second kappa shape index (κ2) is 7.05. The van der Waals surface area contributed by atoms with E-state index in [9.17, 15) is 9.59 Å². The van der Waals surface area contributed by atoms with Gasteiger partial charge in [-0.3, -0.25) is 4.79 Å². The topological polar surface area (TPSA) is 84.1 Å². The van der Waals surface area contributed by atoms with Crippen molar-refractivity contribution in [3.8, 4) is 10.7 Å². The van der Waals surface area contributed by atoms with Crippen LogP contribution in [0.1, 0.15) is 20.8 Å². The Hall–Kier alpha value is -3.45. The third kappa shape index (κ3) is 3.45. The largest absolute Gasteiger partial charge is 0.465 e. The number of rotatable bonds is 4. The Bertz CT molecular complexity index is 1100. The number of ether oxygens (including phenoxy) is 1. The number of carbonyl (C=O) groups is 2. The summed E-state index contributed by atoms with van der Waals surface area (Å²) in [4.78, 5) is 31.6. The van der Waals surface area contributed by atoms with Crippen molar-refractivity contribution in [1.82, 2.24) is 9.97 Å². The smallest absolute Gasteiger partial charge is 0.337 e. The number of nitrogens with zero attached hydrogens (tertiary/aromatic N) is 1. The summed E-state index contributed by atoms with van der Waals surface area (Å²) in [6.07, 6.45) is 0. The fourth-order valence-corrected chi connectivity index (χ4v) is 3.46. The molecule has 0 saturated heterocycles. The van der Waals surface area contributed by atoms with Gasteiger partial charge in [0.2, 0.25) is 0 Å². The third-order valence-electron chi connectivity index (χ3n) is 4.06. The van der Waals surface area contributed by atoms with Gasteiger partial charge in [-0.1, -0.05) is 18.2 Å². The summed E-state index contributed by atoms with van der Waals surface area (Å²) in [5, 5.41) is 6.34. The van der Waals surface area contributed by atoms with E-state index < -0.39 is 5.97 Å². The molecular weight excluding hydrogens is 362 g/mol. The van der Waals surface area contributed by atoms with E-state index in [-0.39, 0.29) is 5.91 Å². The molecule has 0 unspecified atom stereocenters. The van der Waals surface area contributed by atoms with Crippen LogP contribution in [-0.2, 0) is 4.74 Å². The molecule has 0 saturated carbocycles. The van der Waals surface area contributed by atoms with E-state index in [1.807, 2.05) is 30.3 Å². The number of methoxy groups -OCH3 is 1. The molecule has 2 N–H and O–H groups in total. The number of aromatic nitrogens is 2. The van der Waals surface area contributed by atoms with E-state index in [1.54, 1.807) is 29.6 Å². The van der Waals surface area contributed by atoms with Gasteiger partial charge in [0, 0.05) is 22.0 Å². The first kappa shape index (κ1) is 17.0. The van der Waals surface area contributed by atoms with Gasteiger partial charge >= 0.3 is 5.97 Å². The lowest BCUT2D eigenvalue weighted by atomic mass is 10.2. The Morgan fingerprint density at radius 3 is 2.63 bits per heavy atom. The monoisotopic (exact) mass is 377 g/mol. The van der Waals surface area contributed by atoms with Crippen molar-refractivity contribution in [1.29, 1.82) is 0 Å². The molecule has 1 amide bonds. The summed E-state index contributed by atoms with van der Waals surface area (Å²) in [6, 6.07) is 16.5. The predicted octanol–water partition coefficient (Wildman–Crippen LogP) is 4.33. The summed E-state index contributed by atoms with van der Waals surface area (Å²) in [7, 11) is 1.32. The van der Waals surface area contributed by atoms with Crippen LogP contribution in [0.2, 0.25) is 0 Å². The Labute approximate surface area is 158 Å². The molecule has 134 valence electrons. The van der Waals surface area contributed by atoms with Crippen LogP contribution in [0.5, 0.6) is 0 Å². The second-order valence-corrected chi connectivity index (χ2v) is 6.69. The molecule has 0 aliphatic rings. The van der Waals surface area contributed by atoms with Crippen LogP contribution in [0.25, 0.3) is 21.6 Å². The van der Waals surface area contributed by atoms with E-state index in [1.165, 1.54) is 18.4 Å². The number of benzene rings is 2. The van der Waals surface area contributed by atoms with Crippen molar-refractivity contribution in [3.63, 3.8) is 0 Å². The zero-order valence-electron chi connectivity index (χ0n) is 14.4. The molecule has 2 aromatic carbocycles. The minimum absolute atomic E-state index is 0.306. The van der Waals surface area contributed by atoms with Crippen molar-refractivity contribution < 1.29 is 14.3 Å². The number of thiazole rings is 1. The van der Waals surface area contributed by atoms with Crippen LogP contribution in [0.15, 0.2) is 60.0 Å². The average Bonchev–Trinajstić information content (AvgIpc) is 3.34. The quantitative estimate of drug-likeness (QED) is 0.519. The number of amides is 1. The maximum Gasteiger partial charge on any atom is 0.337 e. The molecule has 27 heavy (non-hydrogen) atoms. The molecule has 2 heterocycles.